The van der Waals surface area contributed by atoms with Crippen molar-refractivity contribution in [2.24, 2.45) is 0 Å². The van der Waals surface area contributed by atoms with Gasteiger partial charge in [-0.25, -0.2) is 0 Å². The van der Waals surface area contributed by atoms with Crippen molar-refractivity contribution in [3.8, 4) is 10.9 Å². The highest BCUT2D eigenvalue weighted by Crippen LogP contribution is 2.42. The van der Waals surface area contributed by atoms with E-state index in [9.17, 15) is 0 Å². The Kier molecular flexibility index (Phi) is 2.39. The molecule has 1 heterocycles. The molecule has 0 N–H and O–H groups in total. The fourth-order valence-electron chi connectivity index (χ4n) is 0.922. The van der Waals surface area contributed by atoms with Crippen molar-refractivity contribution in [1.29, 1.82) is 0 Å². The fourth-order valence-corrected chi connectivity index (χ4v) is 5.85. The van der Waals surface area contributed by atoms with Crippen molar-refractivity contribution >= 4 is 23.3 Å². The van der Waals surface area contributed by atoms with Crippen LogP contribution in [0, 0.1) is 0 Å². The Bertz CT molecular complexity index is 312. The van der Waals surface area contributed by atoms with Crippen LogP contribution in [-0.2, 0) is 0 Å². The molecule has 0 aliphatic heterocycles. The number of benzene rings is 1. The van der Waals surface area contributed by atoms with Crippen LogP contribution in [0.5, 0.6) is 0 Å². The van der Waals surface area contributed by atoms with Gasteiger partial charge in [0, 0.05) is 0 Å². The maximum Gasteiger partial charge on any atom is -0.0162 e. The first kappa shape index (κ1) is 7.51. The van der Waals surface area contributed by atoms with Crippen LogP contribution in [0.15, 0.2) is 36.1 Å². The van der Waals surface area contributed by atoms with Gasteiger partial charge in [-0.3, -0.25) is 15.7 Å². The number of hydrogen-bond acceptors (Lipinski definition) is 0. The van der Waals surface area contributed by atoms with E-state index in [1.54, 1.807) is 0 Å². The summed E-state index contributed by atoms with van der Waals surface area (Å²) in [4.78, 5) is 0. The molecule has 0 amide bonds. The second-order valence-corrected chi connectivity index (χ2v) is 6.97. The second-order valence-electron chi connectivity index (χ2n) is 2.19. The molecule has 3 heteroatoms. The van der Waals surface area contributed by atoms with Gasteiger partial charge < -0.3 is 7.55 Å². The van der Waals surface area contributed by atoms with Crippen molar-refractivity contribution in [1.82, 2.24) is 0 Å². The van der Waals surface area contributed by atoms with E-state index in [2.05, 4.69) is 36.1 Å². The van der Waals surface area contributed by atoms with E-state index in [4.69, 9.17) is 0 Å². The highest BCUT2D eigenvalue weighted by atomic mass is 32.1. The predicted octanol–water partition coefficient (Wildman–Crippen LogP) is 4.81. The van der Waals surface area contributed by atoms with Gasteiger partial charge >= 0.3 is 0 Å². The summed E-state index contributed by atoms with van der Waals surface area (Å²) in [6.07, 6.45) is 0. The molecule has 0 aliphatic rings. The van der Waals surface area contributed by atoms with Crippen molar-refractivity contribution in [2.75, 3.05) is 0 Å². The predicted molar refractivity (Wildman–Crippen MR) is 55.0 cm³/mol. The Labute approximate surface area is 70.8 Å². The fraction of sp³-hybridized carbons (Fsp3) is 0. The lowest BCUT2D eigenvalue weighted by Crippen LogP contribution is -1.66. The lowest BCUT2D eigenvalue weighted by molar-refractivity contribution is 1.71. The molecule has 0 radical (unpaired) electrons. The number of rotatable bonds is 1. The minimum Gasteiger partial charge on any atom is -0.463 e. The Morgan fingerprint density at radius 1 is 1.09 bits per heavy atom. The Morgan fingerprint density at radius 3 is 2.55 bits per heavy atom. The van der Waals surface area contributed by atoms with E-state index in [-0.39, 0.29) is 0 Å². The molecule has 0 unspecified atom stereocenters. The zero-order chi connectivity index (χ0) is 7.52. The Hall–Kier alpha value is -0.140. The smallest absolute Gasteiger partial charge is 0.0162 e. The average Bonchev–Trinajstić information content (AvgIpc) is 2.58. The second kappa shape index (κ2) is 3.51. The minimum atomic E-state index is 1.38. The van der Waals surface area contributed by atoms with Crippen molar-refractivity contribution in [3.63, 3.8) is 0 Å². The van der Waals surface area contributed by atoms with Crippen LogP contribution in [0.2, 0.25) is 0 Å². The summed E-state index contributed by atoms with van der Waals surface area (Å²) in [5.74, 6) is 2.30. The third-order valence-corrected chi connectivity index (χ3v) is 6.13. The molecule has 0 saturated carbocycles. The quantitative estimate of drug-likeness (QED) is 0.612. The zero-order valence-electron chi connectivity index (χ0n) is 5.81. The van der Waals surface area contributed by atoms with Gasteiger partial charge in [-0.1, -0.05) is 36.1 Å². The van der Waals surface area contributed by atoms with Crippen LogP contribution in [0.1, 0.15) is 0 Å². The number of hydrogen-bond donors (Lipinski definition) is 0. The average molecular weight is 195 g/mol. The van der Waals surface area contributed by atoms with E-state index in [1.165, 1.54) is 34.1 Å². The maximum absolute atomic E-state index is 2.30. The van der Waals surface area contributed by atoms with Gasteiger partial charge in [-0.05, 0) is 10.9 Å². The summed E-state index contributed by atoms with van der Waals surface area (Å²) in [5, 5.41) is 1.48. The molecule has 0 fully saturated rings. The topological polar surface area (TPSA) is 0 Å². The first-order valence-electron chi connectivity index (χ1n) is 3.33. The van der Waals surface area contributed by atoms with E-state index >= 15 is 0 Å². The normalized spacial score (nSPS) is 12.0. The van der Waals surface area contributed by atoms with Crippen molar-refractivity contribution in [2.45, 2.75) is 0 Å². The highest BCUT2D eigenvalue weighted by Gasteiger charge is 1.89. The molecular weight excluding hydrogens is 189 g/mol. The molecule has 0 aliphatic carbocycles. The Balaban J connectivity index is 2.46. The maximum atomic E-state index is 2.30. The summed E-state index contributed by atoms with van der Waals surface area (Å²) < 4.78 is 0. The van der Waals surface area contributed by atoms with Crippen molar-refractivity contribution in [3.05, 3.63) is 36.1 Å². The molecule has 0 spiro atoms. The van der Waals surface area contributed by atoms with Crippen LogP contribution in [0.4, 0.5) is 0 Å². The summed E-state index contributed by atoms with van der Waals surface area (Å²) in [6, 6.07) is 10.6. The standard InChI is InChI=1S/C8H6P3/c1-2-4-7(5-3-1)8-6-9-11-10-8/h1-6H/q-1. The van der Waals surface area contributed by atoms with Crippen LogP contribution in [0.3, 0.4) is 0 Å². The third kappa shape index (κ3) is 1.71. The van der Waals surface area contributed by atoms with Crippen molar-refractivity contribution < 1.29 is 0 Å². The van der Waals surface area contributed by atoms with Crippen LogP contribution < -0.4 is 0 Å². The zero-order valence-corrected chi connectivity index (χ0v) is 8.49. The molecule has 0 nitrogen and oxygen atoms in total. The first-order chi connectivity index (χ1) is 5.47. The van der Waals surface area contributed by atoms with Gasteiger partial charge in [-0.2, -0.15) is 0 Å². The summed E-state index contributed by atoms with van der Waals surface area (Å²) in [6.45, 7) is 0. The van der Waals surface area contributed by atoms with Gasteiger partial charge in [-0.15, -0.1) is 0 Å². The minimum absolute atomic E-state index is 1.38. The van der Waals surface area contributed by atoms with Gasteiger partial charge in [0.2, 0.25) is 0 Å². The SMILES string of the molecule is c1ccc(-c2cp[p-]p2)cc1. The summed E-state index contributed by atoms with van der Waals surface area (Å²) in [5.41, 5.74) is 1.38. The molecule has 2 aromatic rings. The Morgan fingerprint density at radius 2 is 1.91 bits per heavy atom. The third-order valence-electron chi connectivity index (χ3n) is 1.45. The largest absolute Gasteiger partial charge is 0.463 e. The summed E-state index contributed by atoms with van der Waals surface area (Å²) >= 11 is 0. The van der Waals surface area contributed by atoms with Gasteiger partial charge in [0.15, 0.2) is 0 Å². The molecule has 0 atom stereocenters. The van der Waals surface area contributed by atoms with E-state index in [0.29, 0.717) is 0 Å². The molecule has 11 heavy (non-hydrogen) atoms. The monoisotopic (exact) mass is 195 g/mol. The first-order valence-corrected chi connectivity index (χ1v) is 7.49. The van der Waals surface area contributed by atoms with Gasteiger partial charge in [0.25, 0.3) is 0 Å². The summed E-state index contributed by atoms with van der Waals surface area (Å²) in [7, 11) is 4.40. The van der Waals surface area contributed by atoms with E-state index in [1.807, 2.05) is 0 Å². The van der Waals surface area contributed by atoms with E-state index < -0.39 is 0 Å². The lowest BCUT2D eigenvalue weighted by atomic mass is 10.2. The molecule has 54 valence electrons. The van der Waals surface area contributed by atoms with Gasteiger partial charge in [0.05, 0.1) is 0 Å². The molecular formula is C8H6P3-. The highest BCUT2D eigenvalue weighted by molar-refractivity contribution is 8.17. The molecule has 0 saturated heterocycles. The molecule has 0 bridgehead atoms. The molecule has 1 aromatic carbocycles. The van der Waals surface area contributed by atoms with Crippen LogP contribution >= 0.6 is 23.3 Å². The lowest BCUT2D eigenvalue weighted by Gasteiger charge is -1.96. The van der Waals surface area contributed by atoms with Crippen LogP contribution in [-0.4, -0.2) is 0 Å². The van der Waals surface area contributed by atoms with Gasteiger partial charge in [0.1, 0.15) is 0 Å². The molecule has 2 rings (SSSR count). The molecule has 1 aromatic heterocycles. The van der Waals surface area contributed by atoms with Crippen LogP contribution in [0.25, 0.3) is 10.9 Å². The van der Waals surface area contributed by atoms with E-state index in [0.717, 1.165) is 0 Å².